The standard InChI is InChI=1S/C17H17ClN3.Pb/c1-11-4-6-13-14(18)9-15(20-16(13)8-11)12-5-7-17(19-10-12)21(2)3;/h4-10,15,20H,2H2,1,3H3;. The van der Waals surface area contributed by atoms with Gasteiger partial charge >= 0.3 is 153 Å². The van der Waals surface area contributed by atoms with Gasteiger partial charge < -0.3 is 0 Å². The Balaban J connectivity index is 1.89. The van der Waals surface area contributed by atoms with Crippen LogP contribution in [0.15, 0.2) is 42.6 Å². The van der Waals surface area contributed by atoms with E-state index in [0.29, 0.717) is 0 Å². The molecule has 3 nitrogen and oxygen atoms in total. The molecule has 0 saturated heterocycles. The average Bonchev–Trinajstić information content (AvgIpc) is 2.53. The van der Waals surface area contributed by atoms with Crippen LogP contribution in [0.3, 0.4) is 0 Å². The summed E-state index contributed by atoms with van der Waals surface area (Å²) in [5.41, 5.74) is 4.48. The second-order valence-electron chi connectivity index (χ2n) is 5.49. The van der Waals surface area contributed by atoms with Gasteiger partial charge in [-0.05, 0) is 0 Å². The minimum atomic E-state index is 0.0599. The Morgan fingerprint density at radius 2 is 2.14 bits per heavy atom. The summed E-state index contributed by atoms with van der Waals surface area (Å²) in [5.74, 6) is 1.01. The van der Waals surface area contributed by atoms with Crippen molar-refractivity contribution in [2.45, 2.75) is 13.0 Å². The molecule has 0 bridgehead atoms. The molecule has 111 valence electrons. The van der Waals surface area contributed by atoms with E-state index in [2.05, 4.69) is 59.5 Å². The molecule has 2 aromatic rings. The van der Waals surface area contributed by atoms with Gasteiger partial charge in [0.2, 0.25) is 0 Å². The maximum atomic E-state index is 6.45. The zero-order valence-electron chi connectivity index (χ0n) is 12.6. The van der Waals surface area contributed by atoms with Crippen LogP contribution in [-0.2, 0) is 0 Å². The molecule has 0 amide bonds. The molecule has 1 aromatic heterocycles. The SMILES string of the molecule is Cc1ccc2c(c1)NC(c1ccc(N(C)[CH2][Pb])nc1)C=C2Cl. The van der Waals surface area contributed by atoms with E-state index < -0.39 is 0 Å². The van der Waals surface area contributed by atoms with E-state index in [1.807, 2.05) is 12.3 Å². The minimum absolute atomic E-state index is 0.0599. The molecule has 2 heterocycles. The average molecular weight is 506 g/mol. The van der Waals surface area contributed by atoms with Crippen LogP contribution < -0.4 is 10.2 Å². The molecule has 1 N–H and O–H groups in total. The van der Waals surface area contributed by atoms with E-state index in [-0.39, 0.29) is 6.04 Å². The Morgan fingerprint density at radius 3 is 2.82 bits per heavy atom. The second kappa shape index (κ2) is 6.58. The van der Waals surface area contributed by atoms with Crippen LogP contribution in [0.4, 0.5) is 11.5 Å². The third-order valence-corrected chi connectivity index (χ3v) is 5.99. The number of nitrogens with one attached hydrogen (secondary N) is 1. The number of anilines is 2. The molecule has 1 aromatic carbocycles. The summed E-state index contributed by atoms with van der Waals surface area (Å²) in [6, 6.07) is 10.5. The molecular formula is C17H17ClN3Pb. The Kier molecular flexibility index (Phi) is 4.73. The monoisotopic (exact) mass is 506 g/mol. The van der Waals surface area contributed by atoms with Crippen molar-refractivity contribution in [1.29, 1.82) is 0 Å². The van der Waals surface area contributed by atoms with E-state index in [0.717, 1.165) is 57.5 Å². The molecule has 0 spiro atoms. The summed E-state index contributed by atoms with van der Waals surface area (Å²) in [5, 5.41) is 4.33. The third kappa shape index (κ3) is 3.15. The molecule has 3 radical (unpaired) electrons. The van der Waals surface area contributed by atoms with Gasteiger partial charge in [0.25, 0.3) is 0 Å². The van der Waals surface area contributed by atoms with Gasteiger partial charge in [-0.3, -0.25) is 0 Å². The van der Waals surface area contributed by atoms with Gasteiger partial charge in [0.15, 0.2) is 0 Å². The number of halogens is 1. The van der Waals surface area contributed by atoms with Crippen LogP contribution in [0, 0.1) is 6.92 Å². The summed E-state index contributed by atoms with van der Waals surface area (Å²) in [6.45, 7) is 2.09. The second-order valence-corrected chi connectivity index (χ2v) is 7.13. The molecular weight excluding hydrogens is 489 g/mol. The predicted molar refractivity (Wildman–Crippen MR) is 94.6 cm³/mol. The molecule has 0 fully saturated rings. The number of pyridine rings is 1. The van der Waals surface area contributed by atoms with Crippen LogP contribution in [0.1, 0.15) is 22.7 Å². The zero-order chi connectivity index (χ0) is 15.7. The number of hydrogen-bond acceptors (Lipinski definition) is 3. The fourth-order valence-electron chi connectivity index (χ4n) is 2.50. The Hall–Kier alpha value is -1.08. The fourth-order valence-corrected chi connectivity index (χ4v) is 3.42. The number of nitrogens with zero attached hydrogens (tertiary/aromatic N) is 2. The van der Waals surface area contributed by atoms with Crippen molar-refractivity contribution < 1.29 is 0 Å². The van der Waals surface area contributed by atoms with Crippen molar-refractivity contribution in [3.63, 3.8) is 0 Å². The number of benzene rings is 1. The first-order chi connectivity index (χ1) is 10.6. The molecule has 1 aliphatic heterocycles. The molecule has 0 saturated carbocycles. The van der Waals surface area contributed by atoms with Gasteiger partial charge in [-0.1, -0.05) is 0 Å². The van der Waals surface area contributed by atoms with Crippen molar-refractivity contribution in [2.24, 2.45) is 0 Å². The van der Waals surface area contributed by atoms with Gasteiger partial charge in [0.1, 0.15) is 0 Å². The topological polar surface area (TPSA) is 28.2 Å². The van der Waals surface area contributed by atoms with Crippen LogP contribution in [0.25, 0.3) is 5.03 Å². The number of fused-ring (bicyclic) bond motifs is 1. The number of aromatic nitrogens is 1. The van der Waals surface area contributed by atoms with Gasteiger partial charge in [-0.15, -0.1) is 0 Å². The first kappa shape index (κ1) is 15.8. The van der Waals surface area contributed by atoms with Crippen LogP contribution in [0.2, 0.25) is 0 Å². The van der Waals surface area contributed by atoms with E-state index in [1.54, 1.807) is 0 Å². The maximum absolute atomic E-state index is 6.45. The zero-order valence-corrected chi connectivity index (χ0v) is 17.2. The normalized spacial score (nSPS) is 16.5. The molecule has 1 atom stereocenters. The molecule has 1 aliphatic rings. The molecule has 1 unspecified atom stereocenters. The summed E-state index contributed by atoms with van der Waals surface area (Å²) in [4.78, 5) is 6.73. The van der Waals surface area contributed by atoms with Crippen LogP contribution in [-0.4, -0.2) is 41.9 Å². The molecule has 3 rings (SSSR count). The van der Waals surface area contributed by atoms with Crippen molar-refractivity contribution in [3.05, 3.63) is 59.3 Å². The van der Waals surface area contributed by atoms with Gasteiger partial charge in [0.05, 0.1) is 0 Å². The molecule has 0 aliphatic carbocycles. The van der Waals surface area contributed by atoms with Crippen molar-refractivity contribution >= 4 is 53.9 Å². The quantitative estimate of drug-likeness (QED) is 0.645. The number of hydrogen-bond donors (Lipinski definition) is 1. The summed E-state index contributed by atoms with van der Waals surface area (Å²) >= 11 is 7.58. The summed E-state index contributed by atoms with van der Waals surface area (Å²) in [7, 11) is 2.07. The number of rotatable bonds is 3. The first-order valence-corrected chi connectivity index (χ1v) is 10.3. The Morgan fingerprint density at radius 1 is 1.32 bits per heavy atom. The van der Waals surface area contributed by atoms with Crippen molar-refractivity contribution in [2.75, 3.05) is 21.4 Å². The van der Waals surface area contributed by atoms with Crippen LogP contribution in [0.5, 0.6) is 0 Å². The third-order valence-electron chi connectivity index (χ3n) is 3.81. The Bertz CT molecular complexity index is 712. The first-order valence-electron chi connectivity index (χ1n) is 7.15. The van der Waals surface area contributed by atoms with Crippen molar-refractivity contribution in [1.82, 2.24) is 4.98 Å². The van der Waals surface area contributed by atoms with Crippen LogP contribution >= 0.6 is 11.6 Å². The van der Waals surface area contributed by atoms with E-state index in [1.165, 1.54) is 5.56 Å². The Labute approximate surface area is 152 Å². The fraction of sp³-hybridized carbons (Fsp3) is 0.235. The van der Waals surface area contributed by atoms with Crippen molar-refractivity contribution in [3.8, 4) is 0 Å². The molecule has 22 heavy (non-hydrogen) atoms. The van der Waals surface area contributed by atoms with E-state index in [4.69, 9.17) is 11.6 Å². The summed E-state index contributed by atoms with van der Waals surface area (Å²) in [6.07, 6.45) is 3.98. The predicted octanol–water partition coefficient (Wildman–Crippen LogP) is 3.70. The van der Waals surface area contributed by atoms with Gasteiger partial charge in [-0.2, -0.15) is 0 Å². The number of aryl methyl sites for hydroxylation is 1. The van der Waals surface area contributed by atoms with E-state index >= 15 is 0 Å². The molecule has 5 heteroatoms. The van der Waals surface area contributed by atoms with E-state index in [9.17, 15) is 0 Å². The van der Waals surface area contributed by atoms with Gasteiger partial charge in [0, 0.05) is 0 Å². The van der Waals surface area contributed by atoms with Gasteiger partial charge in [-0.25, -0.2) is 0 Å². The summed E-state index contributed by atoms with van der Waals surface area (Å²) < 4.78 is 1.08.